The monoisotopic (exact) mass is 530 g/mol. The number of rotatable bonds is 13. The molecule has 37 heavy (non-hydrogen) atoms. The van der Waals surface area contributed by atoms with E-state index in [1.165, 1.54) is 0 Å². The lowest BCUT2D eigenvalue weighted by molar-refractivity contribution is -0.149. The van der Waals surface area contributed by atoms with Gasteiger partial charge in [0.15, 0.2) is 0 Å². The van der Waals surface area contributed by atoms with E-state index in [4.69, 9.17) is 21.1 Å². The van der Waals surface area contributed by atoms with Gasteiger partial charge < -0.3 is 20.1 Å². The normalized spacial score (nSPS) is 12.7. The molecule has 0 aliphatic rings. The smallest absolute Gasteiger partial charge is 0.328 e. The fraction of sp³-hybridized carbons (Fsp3) is 0.429. The van der Waals surface area contributed by atoms with Gasteiger partial charge >= 0.3 is 11.9 Å². The summed E-state index contributed by atoms with van der Waals surface area (Å²) in [7, 11) is 0. The lowest BCUT2D eigenvalue weighted by atomic mass is 9.83. The summed E-state index contributed by atoms with van der Waals surface area (Å²) in [5, 5.41) is 6.07. The lowest BCUT2D eigenvalue weighted by Crippen LogP contribution is -2.55. The minimum Gasteiger partial charge on any atom is -0.466 e. The van der Waals surface area contributed by atoms with E-state index in [1.54, 1.807) is 52.0 Å². The zero-order valence-corrected chi connectivity index (χ0v) is 22.5. The van der Waals surface area contributed by atoms with E-state index in [0.29, 0.717) is 5.02 Å². The molecule has 8 nitrogen and oxygen atoms in total. The average Bonchev–Trinajstić information content (AvgIpc) is 2.87. The number of carbonyl (C=O) groups is 4. The van der Waals surface area contributed by atoms with Crippen LogP contribution in [-0.4, -0.2) is 49.1 Å². The predicted molar refractivity (Wildman–Crippen MR) is 141 cm³/mol. The van der Waals surface area contributed by atoms with Crippen LogP contribution in [0.25, 0.3) is 0 Å². The summed E-state index contributed by atoms with van der Waals surface area (Å²) in [5.41, 5.74) is 0.586. The Kier molecular flexibility index (Phi) is 11.6. The highest BCUT2D eigenvalue weighted by Gasteiger charge is 2.34. The number of nitrogens with one attached hydrogen (secondary N) is 2. The molecule has 0 aliphatic heterocycles. The van der Waals surface area contributed by atoms with E-state index in [1.807, 2.05) is 30.3 Å². The van der Waals surface area contributed by atoms with Gasteiger partial charge in [-0.1, -0.05) is 54.1 Å². The molecule has 0 saturated carbocycles. The summed E-state index contributed by atoms with van der Waals surface area (Å²) in [6.07, 6.45) is 0.130. The van der Waals surface area contributed by atoms with Crippen molar-refractivity contribution in [2.75, 3.05) is 13.2 Å². The second-order valence-electron chi connectivity index (χ2n) is 9.00. The number of amides is 2. The molecule has 0 saturated heterocycles. The maximum Gasteiger partial charge on any atom is 0.328 e. The molecule has 2 aromatic carbocycles. The van der Waals surface area contributed by atoms with E-state index in [9.17, 15) is 19.2 Å². The molecule has 0 unspecified atom stereocenters. The summed E-state index contributed by atoms with van der Waals surface area (Å²) in [4.78, 5) is 51.2. The van der Waals surface area contributed by atoms with Crippen molar-refractivity contribution in [1.29, 1.82) is 0 Å². The molecule has 0 spiro atoms. The molecule has 0 aromatic heterocycles. The maximum absolute atomic E-state index is 13.4. The molecule has 0 aliphatic carbocycles. The molecular formula is C28H35ClN2O6. The molecule has 0 heterocycles. The quantitative estimate of drug-likeness (QED) is 0.382. The molecule has 2 amide bonds. The fourth-order valence-electron chi connectivity index (χ4n) is 3.65. The summed E-state index contributed by atoms with van der Waals surface area (Å²) in [6.45, 7) is 7.17. The van der Waals surface area contributed by atoms with Crippen molar-refractivity contribution in [3.05, 3.63) is 70.7 Å². The Hall–Kier alpha value is -3.39. The van der Waals surface area contributed by atoms with Gasteiger partial charge in [-0.25, -0.2) is 4.79 Å². The first-order chi connectivity index (χ1) is 17.6. The minimum atomic E-state index is -1.07. The SMILES string of the molecule is CCOC(=O)CC[C@@H](NC(=O)[C@H](Cc1ccccc1)NC(=O)C(C)(C)c1ccc(Cl)cc1)C(=O)OCC. The van der Waals surface area contributed by atoms with Gasteiger partial charge in [0, 0.05) is 17.9 Å². The first kappa shape index (κ1) is 29.8. The molecule has 9 heteroatoms. The highest BCUT2D eigenvalue weighted by atomic mass is 35.5. The second-order valence-corrected chi connectivity index (χ2v) is 9.44. The molecule has 0 radical (unpaired) electrons. The number of benzene rings is 2. The molecular weight excluding hydrogens is 496 g/mol. The fourth-order valence-corrected chi connectivity index (χ4v) is 3.78. The Morgan fingerprint density at radius 3 is 2.08 bits per heavy atom. The second kappa shape index (κ2) is 14.4. The van der Waals surface area contributed by atoms with Crippen LogP contribution in [0.15, 0.2) is 54.6 Å². The average molecular weight is 531 g/mol. The Morgan fingerprint density at radius 1 is 0.865 bits per heavy atom. The largest absolute Gasteiger partial charge is 0.466 e. The van der Waals surface area contributed by atoms with Gasteiger partial charge in [-0.3, -0.25) is 14.4 Å². The van der Waals surface area contributed by atoms with Crippen molar-refractivity contribution >= 4 is 35.4 Å². The van der Waals surface area contributed by atoms with Crippen LogP contribution in [0.2, 0.25) is 5.02 Å². The molecule has 0 fully saturated rings. The number of halogens is 1. The maximum atomic E-state index is 13.4. The van der Waals surface area contributed by atoms with Crippen LogP contribution < -0.4 is 10.6 Å². The van der Waals surface area contributed by atoms with Crippen molar-refractivity contribution < 1.29 is 28.7 Å². The van der Waals surface area contributed by atoms with Gasteiger partial charge in [-0.2, -0.15) is 0 Å². The zero-order valence-electron chi connectivity index (χ0n) is 21.7. The molecule has 200 valence electrons. The number of esters is 2. The van der Waals surface area contributed by atoms with Crippen molar-refractivity contribution in [3.63, 3.8) is 0 Å². The van der Waals surface area contributed by atoms with Gasteiger partial charge in [0.1, 0.15) is 12.1 Å². The van der Waals surface area contributed by atoms with Crippen LogP contribution >= 0.6 is 11.6 Å². The van der Waals surface area contributed by atoms with Crippen LogP contribution in [0.4, 0.5) is 0 Å². The first-order valence-electron chi connectivity index (χ1n) is 12.3. The summed E-state index contributed by atoms with van der Waals surface area (Å²) >= 11 is 6.00. The third kappa shape index (κ3) is 9.21. The van der Waals surface area contributed by atoms with Gasteiger partial charge in [-0.15, -0.1) is 0 Å². The third-order valence-electron chi connectivity index (χ3n) is 5.87. The van der Waals surface area contributed by atoms with Gasteiger partial charge in [0.05, 0.1) is 18.6 Å². The number of hydrogen-bond acceptors (Lipinski definition) is 6. The molecule has 0 bridgehead atoms. The summed E-state index contributed by atoms with van der Waals surface area (Å²) in [5.74, 6) is -2.08. The van der Waals surface area contributed by atoms with Crippen molar-refractivity contribution in [2.24, 2.45) is 0 Å². The first-order valence-corrected chi connectivity index (χ1v) is 12.7. The molecule has 2 atom stereocenters. The number of carbonyl (C=O) groups excluding carboxylic acids is 4. The van der Waals surface area contributed by atoms with Crippen molar-refractivity contribution in [3.8, 4) is 0 Å². The Balaban J connectivity index is 2.25. The molecule has 2 aromatic rings. The van der Waals surface area contributed by atoms with Gasteiger partial charge in [-0.05, 0) is 57.4 Å². The minimum absolute atomic E-state index is 0.00563. The third-order valence-corrected chi connectivity index (χ3v) is 6.12. The standard InChI is InChI=1S/C28H35ClN2O6/c1-5-36-24(32)17-16-22(26(34)37-6-2)30-25(33)23(18-19-10-8-7-9-11-19)31-27(35)28(3,4)20-12-14-21(29)15-13-20/h7-15,22-23H,5-6,16-18H2,1-4H3,(H,30,33)(H,31,35)/t22-,23+/m1/s1. The van der Waals surface area contributed by atoms with Crippen LogP contribution in [0, 0.1) is 0 Å². The highest BCUT2D eigenvalue weighted by Crippen LogP contribution is 2.25. The van der Waals surface area contributed by atoms with E-state index in [-0.39, 0.29) is 38.4 Å². The van der Waals surface area contributed by atoms with Crippen LogP contribution in [-0.2, 0) is 40.5 Å². The van der Waals surface area contributed by atoms with Gasteiger partial charge in [0.25, 0.3) is 0 Å². The van der Waals surface area contributed by atoms with Crippen molar-refractivity contribution in [1.82, 2.24) is 10.6 Å². The topological polar surface area (TPSA) is 111 Å². The predicted octanol–water partition coefficient (Wildman–Crippen LogP) is 3.74. The van der Waals surface area contributed by atoms with Crippen LogP contribution in [0.5, 0.6) is 0 Å². The van der Waals surface area contributed by atoms with Crippen LogP contribution in [0.3, 0.4) is 0 Å². The van der Waals surface area contributed by atoms with E-state index < -0.39 is 35.3 Å². The Labute approximate surface area is 223 Å². The molecule has 2 N–H and O–H groups in total. The zero-order chi connectivity index (χ0) is 27.4. The number of hydrogen-bond donors (Lipinski definition) is 2. The van der Waals surface area contributed by atoms with Crippen molar-refractivity contribution in [2.45, 2.75) is 64.5 Å². The van der Waals surface area contributed by atoms with Gasteiger partial charge in [0.2, 0.25) is 11.8 Å². The summed E-state index contributed by atoms with van der Waals surface area (Å²) < 4.78 is 10.0. The molecule has 2 rings (SSSR count). The van der Waals surface area contributed by atoms with E-state index in [2.05, 4.69) is 10.6 Å². The Bertz CT molecular complexity index is 1060. The summed E-state index contributed by atoms with van der Waals surface area (Å²) in [6, 6.07) is 14.1. The van der Waals surface area contributed by atoms with E-state index in [0.717, 1.165) is 11.1 Å². The number of ether oxygens (including phenoxy) is 2. The Morgan fingerprint density at radius 2 is 1.49 bits per heavy atom. The van der Waals surface area contributed by atoms with E-state index >= 15 is 0 Å². The van der Waals surface area contributed by atoms with Crippen LogP contribution in [0.1, 0.15) is 51.7 Å². The highest BCUT2D eigenvalue weighted by molar-refractivity contribution is 6.30. The lowest BCUT2D eigenvalue weighted by Gasteiger charge is -2.28.